The molecular formula is C27H21F6N5O7S2. The summed E-state index contributed by atoms with van der Waals surface area (Å²) >= 11 is 1.05. The lowest BCUT2D eigenvalue weighted by molar-refractivity contribution is -0.274. The Labute approximate surface area is 265 Å². The minimum Gasteiger partial charge on any atom is -0.478 e. The van der Waals surface area contributed by atoms with Crippen LogP contribution in [0.1, 0.15) is 15.9 Å². The molecule has 0 saturated carbocycles. The summed E-state index contributed by atoms with van der Waals surface area (Å²) in [7, 11) is -4.51. The molecular weight excluding hydrogens is 684 g/mol. The van der Waals surface area contributed by atoms with E-state index < -0.39 is 63.1 Å². The summed E-state index contributed by atoms with van der Waals surface area (Å²) in [5.74, 6) is -4.66. The van der Waals surface area contributed by atoms with Crippen molar-refractivity contribution >= 4 is 48.6 Å². The first-order valence-corrected chi connectivity index (χ1v) is 15.5. The number of aromatic nitrogens is 2. The van der Waals surface area contributed by atoms with Gasteiger partial charge in [0.15, 0.2) is 16.7 Å². The van der Waals surface area contributed by atoms with Crippen molar-refractivity contribution in [1.29, 1.82) is 0 Å². The highest BCUT2D eigenvalue weighted by Crippen LogP contribution is 2.33. The highest BCUT2D eigenvalue weighted by molar-refractivity contribution is 7.89. The van der Waals surface area contributed by atoms with Gasteiger partial charge in [-0.3, -0.25) is 9.78 Å². The van der Waals surface area contributed by atoms with E-state index in [4.69, 9.17) is 0 Å². The van der Waals surface area contributed by atoms with Gasteiger partial charge in [-0.2, -0.15) is 13.1 Å². The van der Waals surface area contributed by atoms with E-state index >= 15 is 0 Å². The highest BCUT2D eigenvalue weighted by Gasteiger charge is 2.41. The Kier molecular flexibility index (Phi) is 9.46. The van der Waals surface area contributed by atoms with Crippen LogP contribution >= 0.6 is 11.3 Å². The number of carbonyl (C=O) groups excluding carboxylic acids is 1. The van der Waals surface area contributed by atoms with Crippen LogP contribution in [-0.2, 0) is 21.4 Å². The van der Waals surface area contributed by atoms with Gasteiger partial charge in [0.1, 0.15) is 22.9 Å². The van der Waals surface area contributed by atoms with Gasteiger partial charge in [-0.15, -0.1) is 13.2 Å². The Morgan fingerprint density at radius 3 is 2.47 bits per heavy atom. The van der Waals surface area contributed by atoms with Crippen molar-refractivity contribution in [1.82, 2.24) is 19.6 Å². The topological polar surface area (TPSA) is 151 Å². The van der Waals surface area contributed by atoms with Crippen molar-refractivity contribution in [2.75, 3.05) is 24.5 Å². The smallest absolute Gasteiger partial charge is 0.478 e. The molecule has 5 rings (SSSR count). The second kappa shape index (κ2) is 13.2. The Balaban J connectivity index is 1.42. The van der Waals surface area contributed by atoms with Gasteiger partial charge in [0.05, 0.1) is 9.60 Å². The molecule has 1 aliphatic heterocycles. The van der Waals surface area contributed by atoms with E-state index in [9.17, 15) is 49.5 Å². The number of sulfonamides is 1. The number of halogens is 6. The average molecular weight is 706 g/mol. The molecule has 12 nitrogen and oxygen atoms in total. The molecule has 3 heterocycles. The maximum absolute atomic E-state index is 14.2. The Bertz CT molecular complexity index is 1910. The van der Waals surface area contributed by atoms with Crippen LogP contribution in [0.3, 0.4) is 0 Å². The lowest BCUT2D eigenvalue weighted by Crippen LogP contribution is -2.60. The number of fused-ring (bicyclic) bond motifs is 1. The first-order valence-electron chi connectivity index (χ1n) is 13.2. The number of thiazole rings is 1. The van der Waals surface area contributed by atoms with E-state index in [1.54, 1.807) is 4.90 Å². The number of hydrogen-bond donors (Lipinski definition) is 2. The number of piperazine rings is 1. The van der Waals surface area contributed by atoms with Crippen molar-refractivity contribution < 1.29 is 58.9 Å². The molecule has 20 heteroatoms. The first kappa shape index (κ1) is 33.7. The number of carboxylic acids is 1. The monoisotopic (exact) mass is 705 g/mol. The summed E-state index contributed by atoms with van der Waals surface area (Å²) in [6.45, 7) is -4.26. The average Bonchev–Trinajstić information content (AvgIpc) is 3.45. The molecule has 1 fully saturated rings. The third kappa shape index (κ3) is 7.66. The Hall–Kier alpha value is -4.69. The van der Waals surface area contributed by atoms with Gasteiger partial charge in [0.2, 0.25) is 15.9 Å². The number of benzene rings is 2. The predicted octanol–water partition coefficient (Wildman–Crippen LogP) is 4.22. The zero-order valence-electron chi connectivity index (χ0n) is 23.4. The Morgan fingerprint density at radius 2 is 1.83 bits per heavy atom. The molecule has 250 valence electrons. The SMILES string of the molecule is O=C(O)c1cncc2sc(N3CCN(S(=O)(=O)c4ccc(OC(F)(F)F)cc4)[C@@H](C(=O)NCc4ccc(OC(F)F)c(F)c4)C3)nc12. The maximum Gasteiger partial charge on any atom is 0.573 e. The lowest BCUT2D eigenvalue weighted by Gasteiger charge is -2.39. The molecule has 1 saturated heterocycles. The summed E-state index contributed by atoms with van der Waals surface area (Å²) in [6.07, 6.45) is -2.49. The number of aromatic carboxylic acids is 1. The van der Waals surface area contributed by atoms with E-state index in [0.717, 1.165) is 58.2 Å². The van der Waals surface area contributed by atoms with Crippen molar-refractivity contribution in [2.24, 2.45) is 0 Å². The fourth-order valence-electron chi connectivity index (χ4n) is 4.68. The van der Waals surface area contributed by atoms with Crippen molar-refractivity contribution in [3.8, 4) is 11.5 Å². The molecule has 0 bridgehead atoms. The second-order valence-electron chi connectivity index (χ2n) is 9.79. The van der Waals surface area contributed by atoms with Gasteiger partial charge in [0.25, 0.3) is 0 Å². The molecule has 1 amide bonds. The number of ether oxygens (including phenoxy) is 2. The normalized spacial score (nSPS) is 16.0. The van der Waals surface area contributed by atoms with Crippen molar-refractivity contribution in [2.45, 2.75) is 30.5 Å². The quantitative estimate of drug-likeness (QED) is 0.230. The molecule has 47 heavy (non-hydrogen) atoms. The molecule has 0 aliphatic carbocycles. The molecule has 0 unspecified atom stereocenters. The van der Waals surface area contributed by atoms with Crippen LogP contribution in [0.15, 0.2) is 59.8 Å². The minimum atomic E-state index is -5.01. The van der Waals surface area contributed by atoms with E-state index in [1.165, 1.54) is 12.3 Å². The van der Waals surface area contributed by atoms with Crippen LogP contribution in [0.4, 0.5) is 31.5 Å². The number of pyridine rings is 1. The summed E-state index contributed by atoms with van der Waals surface area (Å²) in [5.41, 5.74) is 0.0846. The summed E-state index contributed by atoms with van der Waals surface area (Å²) < 4.78 is 114. The predicted molar refractivity (Wildman–Crippen MR) is 152 cm³/mol. The molecule has 1 aliphatic rings. The van der Waals surface area contributed by atoms with Crippen molar-refractivity contribution in [3.63, 3.8) is 0 Å². The number of hydrogen-bond acceptors (Lipinski definition) is 10. The van der Waals surface area contributed by atoms with Crippen LogP contribution in [-0.4, -0.2) is 78.3 Å². The third-order valence-corrected chi connectivity index (χ3v) is 9.74. The van der Waals surface area contributed by atoms with Crippen molar-refractivity contribution in [3.05, 3.63) is 71.8 Å². The number of carbonyl (C=O) groups is 2. The molecule has 2 N–H and O–H groups in total. The lowest BCUT2D eigenvalue weighted by atomic mass is 10.1. The number of anilines is 1. The standard InChI is InChI=1S/C27H21F6N5O7S2/c28-18-9-14(1-6-20(18)44-25(29)30)10-35-23(39)19-13-37(26-36-22-17(24(40)41)11-34-12-21(22)46-26)7-8-38(19)47(42,43)16-4-2-15(3-5-16)45-27(31,32)33/h1-6,9,11-12,19,25H,7-8,10,13H2,(H,35,39)(H,40,41)/t19-/m1/s1. The number of nitrogens with zero attached hydrogens (tertiary/aromatic N) is 4. The fourth-order valence-corrected chi connectivity index (χ4v) is 7.24. The minimum absolute atomic E-state index is 0.0231. The summed E-state index contributed by atoms with van der Waals surface area (Å²) in [5, 5.41) is 12.3. The fraction of sp³-hybridized carbons (Fsp3) is 0.259. The summed E-state index contributed by atoms with van der Waals surface area (Å²) in [6, 6.07) is 4.89. The van der Waals surface area contributed by atoms with E-state index in [2.05, 4.69) is 24.8 Å². The van der Waals surface area contributed by atoms with E-state index in [1.807, 2.05) is 0 Å². The van der Waals surface area contributed by atoms with Crippen LogP contribution in [0.25, 0.3) is 10.2 Å². The van der Waals surface area contributed by atoms with E-state index in [-0.39, 0.29) is 48.0 Å². The van der Waals surface area contributed by atoms with Crippen LogP contribution < -0.4 is 19.7 Å². The van der Waals surface area contributed by atoms with Gasteiger partial charge >= 0.3 is 18.9 Å². The molecule has 2 aromatic heterocycles. The van der Waals surface area contributed by atoms with Crippen LogP contribution in [0.5, 0.6) is 11.5 Å². The van der Waals surface area contributed by atoms with Gasteiger partial charge < -0.3 is 24.8 Å². The van der Waals surface area contributed by atoms with Crippen LogP contribution in [0.2, 0.25) is 0 Å². The molecule has 1 atom stereocenters. The maximum atomic E-state index is 14.2. The number of nitrogens with one attached hydrogen (secondary N) is 1. The highest BCUT2D eigenvalue weighted by atomic mass is 32.2. The number of carboxylic acid groups (broad SMARTS) is 1. The molecule has 0 radical (unpaired) electrons. The Morgan fingerprint density at radius 1 is 1.11 bits per heavy atom. The van der Waals surface area contributed by atoms with Gasteiger partial charge in [-0.05, 0) is 42.0 Å². The zero-order valence-corrected chi connectivity index (χ0v) is 25.1. The van der Waals surface area contributed by atoms with Gasteiger partial charge in [0, 0.05) is 38.6 Å². The van der Waals surface area contributed by atoms with E-state index in [0.29, 0.717) is 4.70 Å². The number of rotatable bonds is 10. The van der Waals surface area contributed by atoms with Gasteiger partial charge in [-0.25, -0.2) is 22.6 Å². The molecule has 0 spiro atoms. The number of alkyl halides is 5. The largest absolute Gasteiger partial charge is 0.573 e. The zero-order chi connectivity index (χ0) is 34.1. The second-order valence-corrected chi connectivity index (χ2v) is 12.7. The first-order chi connectivity index (χ1) is 22.1. The molecule has 4 aromatic rings. The third-order valence-electron chi connectivity index (χ3n) is 6.77. The number of amides is 1. The van der Waals surface area contributed by atoms with Gasteiger partial charge in [-0.1, -0.05) is 17.4 Å². The van der Waals surface area contributed by atoms with Crippen LogP contribution in [0, 0.1) is 5.82 Å². The molecule has 2 aromatic carbocycles. The summed E-state index contributed by atoms with van der Waals surface area (Å²) in [4.78, 5) is 34.6.